The fourth-order valence-corrected chi connectivity index (χ4v) is 24.1. The quantitative estimate of drug-likeness (QED) is 0.120. The Kier molecular flexibility index (Phi) is 8.61. The zero-order valence-electron chi connectivity index (χ0n) is 26.6. The van der Waals surface area contributed by atoms with Gasteiger partial charge in [0.1, 0.15) is 0 Å². The molecule has 0 saturated heterocycles. The molecule has 51 heavy (non-hydrogen) atoms. The molecule has 0 N–H and O–H groups in total. The van der Waals surface area contributed by atoms with Gasteiger partial charge < -0.3 is 0 Å². The van der Waals surface area contributed by atoms with Gasteiger partial charge >= 0.3 is 307 Å². The number of benzene rings is 6. The van der Waals surface area contributed by atoms with Crippen molar-refractivity contribution in [3.05, 3.63) is 161 Å². The number of halogens is 8. The molecule has 1 atom stereocenters. The number of rotatable bonds is 5. The van der Waals surface area contributed by atoms with Crippen LogP contribution >= 0.6 is 17.0 Å². The van der Waals surface area contributed by atoms with Crippen LogP contribution in [0.5, 0.6) is 0 Å². The van der Waals surface area contributed by atoms with Crippen LogP contribution in [0.2, 0.25) is 0 Å². The molecule has 0 spiro atoms. The summed E-state index contributed by atoms with van der Waals surface area (Å²) in [6.45, 7) is 0. The van der Waals surface area contributed by atoms with E-state index in [4.69, 9.17) is 17.0 Å². The van der Waals surface area contributed by atoms with Crippen molar-refractivity contribution < 1.29 is 44.2 Å². The van der Waals surface area contributed by atoms with Gasteiger partial charge in [-0.1, -0.05) is 0 Å². The van der Waals surface area contributed by atoms with Crippen molar-refractivity contribution in [1.29, 1.82) is 0 Å². The van der Waals surface area contributed by atoms with Crippen molar-refractivity contribution in [3.8, 4) is 33.4 Å². The van der Waals surface area contributed by atoms with Gasteiger partial charge in [-0.2, -0.15) is 0 Å². The fourth-order valence-electron chi connectivity index (χ4n) is 7.61. The Hall–Kier alpha value is -3.68. The molecular weight excluding hydrogens is 797 g/mol. The summed E-state index contributed by atoms with van der Waals surface area (Å²) in [5, 5.41) is 2.51. The summed E-state index contributed by atoms with van der Waals surface area (Å²) < 4.78 is 85.9. The number of fused-ring (bicyclic) bond motifs is 4. The molecule has 0 fully saturated rings. The van der Waals surface area contributed by atoms with E-state index in [1.807, 2.05) is 66.7 Å². The summed E-state index contributed by atoms with van der Waals surface area (Å²) in [6.07, 6.45) is -8.14. The molecule has 1 unspecified atom stereocenters. The van der Waals surface area contributed by atoms with Crippen LogP contribution in [0.15, 0.2) is 133 Å². The summed E-state index contributed by atoms with van der Waals surface area (Å²) in [5.74, 6) is 0. The fraction of sp³-hybridized carbons (Fsp3) is 0.0732. The minimum absolute atomic E-state index is 0.166. The number of allylic oxidation sites excluding steroid dienone is 1. The standard InChI is InChI=1S/C29H17F6.C12H9Si.2ClH.Zr/c30-28(31,32)23-14-22(15-24(17-23)29(33,34)35)27-25(19-9-5-2-6-10-19)12-11-20-13-21(16-26(20)27)18-7-3-1-4-8-18;1-3-7-11-9(5-1)10-6-2-4-8-12(10)13-11;;;/h1-17H;1-7H,13H2;2*1H;/q;;;;+2/p-2. The van der Waals surface area contributed by atoms with Crippen molar-refractivity contribution in [3.63, 3.8) is 0 Å². The number of hydrogen-bond donors (Lipinski definition) is 0. The van der Waals surface area contributed by atoms with Crippen molar-refractivity contribution in [2.75, 3.05) is 0 Å². The predicted molar refractivity (Wildman–Crippen MR) is 195 cm³/mol. The summed E-state index contributed by atoms with van der Waals surface area (Å²) in [6, 6.07) is 38.3. The first-order valence-electron chi connectivity index (χ1n) is 16.2. The molecule has 10 heteroatoms. The zero-order valence-corrected chi connectivity index (χ0v) is 32.0. The summed E-state index contributed by atoms with van der Waals surface area (Å²) in [7, 11) is 14.8. The zero-order chi connectivity index (χ0) is 35.7. The van der Waals surface area contributed by atoms with Gasteiger partial charge in [-0.25, -0.2) is 0 Å². The molecule has 6 aromatic rings. The first-order chi connectivity index (χ1) is 24.3. The van der Waals surface area contributed by atoms with Gasteiger partial charge in [0.25, 0.3) is 0 Å². The van der Waals surface area contributed by atoms with Crippen molar-refractivity contribution in [2.45, 2.75) is 16.0 Å². The van der Waals surface area contributed by atoms with E-state index in [0.29, 0.717) is 22.3 Å². The van der Waals surface area contributed by atoms with Crippen LogP contribution in [0.1, 0.15) is 31.4 Å². The average molecular weight is 823 g/mol. The van der Waals surface area contributed by atoms with Crippen molar-refractivity contribution in [2.24, 2.45) is 0 Å². The van der Waals surface area contributed by atoms with Gasteiger partial charge in [0.2, 0.25) is 0 Å². The molecule has 0 amide bonds. The molecule has 1 aliphatic heterocycles. The van der Waals surface area contributed by atoms with E-state index in [9.17, 15) is 26.3 Å². The molecule has 0 saturated carbocycles. The SMILES string of the molecule is FC(F)(F)c1cc(-c2c(-c3ccccc3)ccc3c2C=C(c2ccccc2)[CH]3[Zr]([Cl])([Cl])[c]2cccc3c2[SiH2]c2ccccc2-3)cc(C(F)(F)F)c1. The summed E-state index contributed by atoms with van der Waals surface area (Å²) in [5.41, 5.74) is 3.63. The summed E-state index contributed by atoms with van der Waals surface area (Å²) >= 11 is -4.63. The summed E-state index contributed by atoms with van der Waals surface area (Å²) in [4.78, 5) is 0. The Morgan fingerprint density at radius 2 is 1.14 bits per heavy atom. The second kappa shape index (κ2) is 12.8. The van der Waals surface area contributed by atoms with Crippen molar-refractivity contribution >= 4 is 51.8 Å². The van der Waals surface area contributed by atoms with Crippen molar-refractivity contribution in [1.82, 2.24) is 0 Å². The van der Waals surface area contributed by atoms with E-state index in [2.05, 4.69) is 18.2 Å². The van der Waals surface area contributed by atoms with E-state index in [-0.39, 0.29) is 17.2 Å². The second-order valence-electron chi connectivity index (χ2n) is 12.8. The molecule has 0 radical (unpaired) electrons. The molecule has 254 valence electrons. The van der Waals surface area contributed by atoms with Gasteiger partial charge in [0.15, 0.2) is 0 Å². The maximum absolute atomic E-state index is 14.2. The Balaban J connectivity index is 1.42. The van der Waals surface area contributed by atoms with E-state index in [1.54, 1.807) is 36.4 Å². The molecule has 6 aromatic carbocycles. The van der Waals surface area contributed by atoms with Gasteiger partial charge in [0, 0.05) is 0 Å². The molecule has 0 nitrogen and oxygen atoms in total. The Morgan fingerprint density at radius 3 is 1.78 bits per heavy atom. The maximum atomic E-state index is 14.2. The van der Waals surface area contributed by atoms with E-state index < -0.39 is 54.5 Å². The monoisotopic (exact) mass is 820 g/mol. The third kappa shape index (κ3) is 6.08. The van der Waals surface area contributed by atoms with Gasteiger partial charge in [-0.3, -0.25) is 0 Å². The van der Waals surface area contributed by atoms with Crippen LogP contribution in [0.3, 0.4) is 0 Å². The predicted octanol–water partition coefficient (Wildman–Crippen LogP) is 10.5. The third-order valence-electron chi connectivity index (χ3n) is 9.84. The Morgan fingerprint density at radius 1 is 0.549 bits per heavy atom. The number of hydrogen-bond acceptors (Lipinski definition) is 0. The average Bonchev–Trinajstić information content (AvgIpc) is 3.70. The van der Waals surface area contributed by atoms with Crippen LogP contribution in [-0.4, -0.2) is 9.52 Å². The minimum atomic E-state index is -5.01. The Bertz CT molecular complexity index is 2320. The molecular formula is C41H26Cl2F6SiZr. The molecule has 2 aliphatic rings. The Labute approximate surface area is 304 Å². The third-order valence-corrected chi connectivity index (χ3v) is 24.0. The van der Waals surface area contributed by atoms with Gasteiger partial charge in [0.05, 0.1) is 0 Å². The second-order valence-corrected chi connectivity index (χ2v) is 28.7. The molecule has 1 heterocycles. The van der Waals surface area contributed by atoms with Crippen LogP contribution in [0.25, 0.3) is 45.0 Å². The first kappa shape index (κ1) is 34.4. The normalized spacial score (nSPS) is 15.8. The van der Waals surface area contributed by atoms with Crippen LogP contribution in [0, 0.1) is 0 Å². The molecule has 0 aromatic heterocycles. The topological polar surface area (TPSA) is 0 Å². The first-order valence-corrected chi connectivity index (χ1v) is 26.6. The van der Waals surface area contributed by atoms with Crippen LogP contribution in [0.4, 0.5) is 26.3 Å². The van der Waals surface area contributed by atoms with Crippen LogP contribution in [-0.2, 0) is 30.2 Å². The van der Waals surface area contributed by atoms with E-state index >= 15 is 0 Å². The van der Waals surface area contributed by atoms with E-state index in [0.717, 1.165) is 32.1 Å². The van der Waals surface area contributed by atoms with Gasteiger partial charge in [-0.15, -0.1) is 0 Å². The molecule has 8 rings (SSSR count). The number of alkyl halides is 6. The van der Waals surface area contributed by atoms with E-state index in [1.165, 1.54) is 15.9 Å². The molecule has 1 aliphatic carbocycles. The van der Waals surface area contributed by atoms with Gasteiger partial charge in [-0.05, 0) is 0 Å². The van der Waals surface area contributed by atoms with Crippen LogP contribution < -0.4 is 13.6 Å². The molecule has 0 bridgehead atoms.